The zero-order valence-electron chi connectivity index (χ0n) is 6.98. The second-order valence-electron chi connectivity index (χ2n) is 2.52. The van der Waals surface area contributed by atoms with Crippen LogP contribution < -0.4 is 0 Å². The molecule has 70 valence electrons. The van der Waals surface area contributed by atoms with Gasteiger partial charge in [0, 0.05) is 11.8 Å². The minimum absolute atomic E-state index is 0.373. The van der Waals surface area contributed by atoms with Gasteiger partial charge < -0.3 is 0 Å². The second-order valence-corrected chi connectivity index (χ2v) is 3.85. The van der Waals surface area contributed by atoms with E-state index in [1.54, 1.807) is 18.3 Å². The Kier molecular flexibility index (Phi) is 2.56. The van der Waals surface area contributed by atoms with E-state index in [0.29, 0.717) is 15.9 Å². The van der Waals surface area contributed by atoms with E-state index in [-0.39, 0.29) is 0 Å². The summed E-state index contributed by atoms with van der Waals surface area (Å²) < 4.78 is 0. The SMILES string of the molecule is O=Cc1sccc1-c1nccc(Cl)n1. The van der Waals surface area contributed by atoms with Crippen molar-refractivity contribution in [2.24, 2.45) is 0 Å². The summed E-state index contributed by atoms with van der Waals surface area (Å²) in [5.41, 5.74) is 0.729. The number of hydrogen-bond acceptors (Lipinski definition) is 4. The Morgan fingerprint density at radius 2 is 2.29 bits per heavy atom. The Balaban J connectivity index is 2.54. The van der Waals surface area contributed by atoms with E-state index in [1.807, 2.05) is 5.38 Å². The number of rotatable bonds is 2. The van der Waals surface area contributed by atoms with Crippen LogP contribution in [0.3, 0.4) is 0 Å². The lowest BCUT2D eigenvalue weighted by Gasteiger charge is -1.97. The molecule has 0 aliphatic heterocycles. The molecule has 2 rings (SSSR count). The Hall–Kier alpha value is -1.26. The van der Waals surface area contributed by atoms with Crippen molar-refractivity contribution in [3.63, 3.8) is 0 Å². The smallest absolute Gasteiger partial charge is 0.162 e. The van der Waals surface area contributed by atoms with Crippen molar-refractivity contribution in [3.05, 3.63) is 33.7 Å². The van der Waals surface area contributed by atoms with Crippen LogP contribution in [0.25, 0.3) is 11.4 Å². The number of aldehydes is 1. The molecule has 0 aliphatic rings. The third-order valence-corrected chi connectivity index (χ3v) is 2.72. The van der Waals surface area contributed by atoms with Crippen LogP contribution in [0.2, 0.25) is 5.15 Å². The molecule has 2 aromatic rings. The van der Waals surface area contributed by atoms with Gasteiger partial charge in [-0.2, -0.15) is 0 Å². The van der Waals surface area contributed by atoms with E-state index in [4.69, 9.17) is 11.6 Å². The van der Waals surface area contributed by atoms with Gasteiger partial charge in [-0.15, -0.1) is 11.3 Å². The van der Waals surface area contributed by atoms with E-state index in [2.05, 4.69) is 9.97 Å². The molecule has 0 spiro atoms. The van der Waals surface area contributed by atoms with Gasteiger partial charge in [-0.3, -0.25) is 4.79 Å². The van der Waals surface area contributed by atoms with E-state index in [9.17, 15) is 4.79 Å². The summed E-state index contributed by atoms with van der Waals surface area (Å²) in [6.45, 7) is 0. The second kappa shape index (κ2) is 3.86. The monoisotopic (exact) mass is 224 g/mol. The maximum Gasteiger partial charge on any atom is 0.162 e. The first-order chi connectivity index (χ1) is 6.81. The Labute approximate surface area is 89.4 Å². The van der Waals surface area contributed by atoms with Crippen molar-refractivity contribution in [1.82, 2.24) is 9.97 Å². The van der Waals surface area contributed by atoms with Crippen LogP contribution in [-0.2, 0) is 0 Å². The molecule has 2 heterocycles. The van der Waals surface area contributed by atoms with Crippen LogP contribution in [0.15, 0.2) is 23.7 Å². The van der Waals surface area contributed by atoms with Crippen molar-refractivity contribution in [2.75, 3.05) is 0 Å². The third kappa shape index (κ3) is 1.66. The van der Waals surface area contributed by atoms with Gasteiger partial charge >= 0.3 is 0 Å². The van der Waals surface area contributed by atoms with Crippen LogP contribution in [0.1, 0.15) is 9.67 Å². The van der Waals surface area contributed by atoms with Crippen LogP contribution >= 0.6 is 22.9 Å². The lowest BCUT2D eigenvalue weighted by atomic mass is 10.2. The van der Waals surface area contributed by atoms with Crippen LogP contribution in [0.4, 0.5) is 0 Å². The zero-order valence-corrected chi connectivity index (χ0v) is 8.55. The molecule has 0 atom stereocenters. The Bertz CT molecular complexity index is 469. The predicted octanol–water partition coefficient (Wildman–Crippen LogP) is 2.67. The van der Waals surface area contributed by atoms with Gasteiger partial charge in [0.05, 0.1) is 4.88 Å². The van der Waals surface area contributed by atoms with Crippen molar-refractivity contribution >= 4 is 29.2 Å². The summed E-state index contributed by atoms with van der Waals surface area (Å²) in [7, 11) is 0. The molecule has 0 amide bonds. The van der Waals surface area contributed by atoms with Crippen molar-refractivity contribution in [2.45, 2.75) is 0 Å². The summed E-state index contributed by atoms with van der Waals surface area (Å²) in [5.74, 6) is 0.487. The van der Waals surface area contributed by atoms with Gasteiger partial charge in [0.15, 0.2) is 12.1 Å². The van der Waals surface area contributed by atoms with Gasteiger partial charge in [-0.1, -0.05) is 11.6 Å². The van der Waals surface area contributed by atoms with Crippen LogP contribution in [0, 0.1) is 0 Å². The lowest BCUT2D eigenvalue weighted by Crippen LogP contribution is -1.89. The van der Waals surface area contributed by atoms with Crippen molar-refractivity contribution in [3.8, 4) is 11.4 Å². The van der Waals surface area contributed by atoms with Crippen molar-refractivity contribution in [1.29, 1.82) is 0 Å². The molecule has 2 aromatic heterocycles. The average Bonchev–Trinajstić information content (AvgIpc) is 2.65. The topological polar surface area (TPSA) is 42.9 Å². The number of carbonyl (C=O) groups is 1. The summed E-state index contributed by atoms with van der Waals surface area (Å²) >= 11 is 7.08. The van der Waals surface area contributed by atoms with Gasteiger partial charge in [-0.05, 0) is 17.5 Å². The van der Waals surface area contributed by atoms with Gasteiger partial charge in [0.2, 0.25) is 0 Å². The number of nitrogens with zero attached hydrogens (tertiary/aromatic N) is 2. The number of halogens is 1. The summed E-state index contributed by atoms with van der Waals surface area (Å²) in [4.78, 5) is 19.4. The molecule has 0 saturated carbocycles. The molecule has 0 fully saturated rings. The number of carbonyl (C=O) groups excluding carboxylic acids is 1. The fourth-order valence-electron chi connectivity index (χ4n) is 1.06. The van der Waals surface area contributed by atoms with Gasteiger partial charge in [0.1, 0.15) is 5.15 Å². The molecule has 14 heavy (non-hydrogen) atoms. The summed E-state index contributed by atoms with van der Waals surface area (Å²) in [6, 6.07) is 3.40. The number of aromatic nitrogens is 2. The fraction of sp³-hybridized carbons (Fsp3) is 0. The molecular weight excluding hydrogens is 220 g/mol. The highest BCUT2D eigenvalue weighted by molar-refractivity contribution is 7.12. The summed E-state index contributed by atoms with van der Waals surface area (Å²) in [5, 5.41) is 2.20. The van der Waals surface area contributed by atoms with Crippen LogP contribution in [-0.4, -0.2) is 16.3 Å². The molecule has 0 bridgehead atoms. The first-order valence-electron chi connectivity index (χ1n) is 3.83. The van der Waals surface area contributed by atoms with Crippen LogP contribution in [0.5, 0.6) is 0 Å². The quantitative estimate of drug-likeness (QED) is 0.582. The third-order valence-electron chi connectivity index (χ3n) is 1.66. The Morgan fingerprint density at radius 3 is 3.00 bits per heavy atom. The molecule has 0 saturated heterocycles. The largest absolute Gasteiger partial charge is 0.297 e. The normalized spacial score (nSPS) is 10.1. The molecule has 3 nitrogen and oxygen atoms in total. The zero-order chi connectivity index (χ0) is 9.97. The highest BCUT2D eigenvalue weighted by Gasteiger charge is 2.08. The van der Waals surface area contributed by atoms with Crippen molar-refractivity contribution < 1.29 is 4.79 Å². The molecule has 0 radical (unpaired) electrons. The fourth-order valence-corrected chi connectivity index (χ4v) is 1.89. The first kappa shape index (κ1) is 9.30. The predicted molar refractivity (Wildman–Crippen MR) is 55.7 cm³/mol. The van der Waals surface area contributed by atoms with E-state index >= 15 is 0 Å². The highest BCUT2D eigenvalue weighted by Crippen LogP contribution is 2.24. The molecule has 0 N–H and O–H groups in total. The molecule has 0 aliphatic carbocycles. The number of thiophene rings is 1. The maximum absolute atomic E-state index is 10.7. The lowest BCUT2D eigenvalue weighted by molar-refractivity contribution is 0.112. The molecule has 0 unspecified atom stereocenters. The minimum atomic E-state index is 0.373. The van der Waals surface area contributed by atoms with Gasteiger partial charge in [-0.25, -0.2) is 9.97 Å². The van der Waals surface area contributed by atoms with E-state index < -0.39 is 0 Å². The summed E-state index contributed by atoms with van der Waals surface area (Å²) in [6.07, 6.45) is 2.36. The molecular formula is C9H5ClN2OS. The Morgan fingerprint density at radius 1 is 1.43 bits per heavy atom. The average molecular weight is 225 g/mol. The maximum atomic E-state index is 10.7. The minimum Gasteiger partial charge on any atom is -0.297 e. The van der Waals surface area contributed by atoms with E-state index in [0.717, 1.165) is 11.8 Å². The molecule has 0 aromatic carbocycles. The van der Waals surface area contributed by atoms with Gasteiger partial charge in [0.25, 0.3) is 0 Å². The standard InChI is InChI=1S/C9H5ClN2OS/c10-8-1-3-11-9(12-8)6-2-4-14-7(6)5-13/h1-5H. The first-order valence-corrected chi connectivity index (χ1v) is 5.08. The highest BCUT2D eigenvalue weighted by atomic mass is 35.5. The molecule has 5 heteroatoms. The number of hydrogen-bond donors (Lipinski definition) is 0. The van der Waals surface area contributed by atoms with E-state index in [1.165, 1.54) is 11.3 Å².